The quantitative estimate of drug-likeness (QED) is 0.939. The molecule has 1 aliphatic rings. The Morgan fingerprint density at radius 3 is 3.05 bits per heavy atom. The monoisotopic (exact) mass is 285 g/mol. The molecule has 21 heavy (non-hydrogen) atoms. The van der Waals surface area contributed by atoms with Crippen molar-refractivity contribution in [2.75, 3.05) is 0 Å². The van der Waals surface area contributed by atoms with Gasteiger partial charge in [0.15, 0.2) is 0 Å². The number of aromatic nitrogens is 2. The van der Waals surface area contributed by atoms with Gasteiger partial charge in [-0.2, -0.15) is 5.10 Å². The minimum Gasteiger partial charge on any atom is -0.487 e. The average molecular weight is 285 g/mol. The van der Waals surface area contributed by atoms with E-state index in [2.05, 4.69) is 36.3 Å². The van der Waals surface area contributed by atoms with Gasteiger partial charge in [-0.3, -0.25) is 4.68 Å². The maximum absolute atomic E-state index is 6.20. The first-order valence-corrected chi connectivity index (χ1v) is 7.72. The highest BCUT2D eigenvalue weighted by Gasteiger charge is 2.17. The van der Waals surface area contributed by atoms with Crippen LogP contribution in [-0.2, 0) is 19.6 Å². The second kappa shape index (κ2) is 5.90. The van der Waals surface area contributed by atoms with E-state index in [1.54, 1.807) is 0 Å². The fourth-order valence-electron chi connectivity index (χ4n) is 3.05. The van der Waals surface area contributed by atoms with E-state index in [9.17, 15) is 0 Å². The molecule has 0 radical (unpaired) electrons. The Bertz CT molecular complexity index is 633. The highest BCUT2D eigenvalue weighted by molar-refractivity contribution is 5.39. The molecule has 1 unspecified atom stereocenters. The van der Waals surface area contributed by atoms with Crippen molar-refractivity contribution >= 4 is 0 Å². The standard InChI is InChI=1S/C17H23N3O/c1-3-20-14(9-12(2)19-20)11-21-15-8-7-13-5-4-6-17(18)16(13)10-15/h7-10,17H,3-6,11,18H2,1-2H3. The van der Waals surface area contributed by atoms with Crippen LogP contribution in [0, 0.1) is 6.92 Å². The lowest BCUT2D eigenvalue weighted by Gasteiger charge is -2.22. The van der Waals surface area contributed by atoms with Crippen molar-refractivity contribution in [3.63, 3.8) is 0 Å². The zero-order valence-electron chi connectivity index (χ0n) is 12.8. The predicted molar refractivity (Wildman–Crippen MR) is 83.3 cm³/mol. The predicted octanol–water partition coefficient (Wildman–Crippen LogP) is 3.13. The summed E-state index contributed by atoms with van der Waals surface area (Å²) in [6, 6.07) is 8.55. The van der Waals surface area contributed by atoms with Gasteiger partial charge in [-0.15, -0.1) is 0 Å². The first-order chi connectivity index (χ1) is 10.2. The third-order valence-corrected chi connectivity index (χ3v) is 4.15. The summed E-state index contributed by atoms with van der Waals surface area (Å²) in [6.07, 6.45) is 3.38. The summed E-state index contributed by atoms with van der Waals surface area (Å²) in [5, 5.41) is 4.44. The number of fused-ring (bicyclic) bond motifs is 1. The number of nitrogens with zero attached hydrogens (tertiary/aromatic N) is 2. The fraction of sp³-hybridized carbons (Fsp3) is 0.471. The molecule has 1 aromatic heterocycles. The SMILES string of the molecule is CCn1nc(C)cc1COc1ccc2c(c1)C(N)CCC2. The maximum Gasteiger partial charge on any atom is 0.130 e. The van der Waals surface area contributed by atoms with Gasteiger partial charge in [-0.25, -0.2) is 0 Å². The van der Waals surface area contributed by atoms with Gasteiger partial charge < -0.3 is 10.5 Å². The summed E-state index contributed by atoms with van der Waals surface area (Å²) in [5.74, 6) is 0.896. The zero-order valence-corrected chi connectivity index (χ0v) is 12.8. The van der Waals surface area contributed by atoms with Gasteiger partial charge in [0, 0.05) is 12.6 Å². The van der Waals surface area contributed by atoms with Gasteiger partial charge in [-0.05, 0) is 62.4 Å². The number of aryl methyl sites for hydroxylation is 3. The molecule has 1 atom stereocenters. The van der Waals surface area contributed by atoms with Gasteiger partial charge in [0.05, 0.1) is 11.4 Å². The molecule has 2 aromatic rings. The Hall–Kier alpha value is -1.81. The molecule has 112 valence electrons. The Kier molecular flexibility index (Phi) is 3.97. The molecule has 3 rings (SSSR count). The molecule has 0 amide bonds. The summed E-state index contributed by atoms with van der Waals surface area (Å²) in [4.78, 5) is 0. The van der Waals surface area contributed by atoms with E-state index >= 15 is 0 Å². The zero-order chi connectivity index (χ0) is 14.8. The van der Waals surface area contributed by atoms with Gasteiger partial charge in [-0.1, -0.05) is 6.07 Å². The lowest BCUT2D eigenvalue weighted by molar-refractivity contribution is 0.291. The smallest absolute Gasteiger partial charge is 0.130 e. The number of benzene rings is 1. The number of rotatable bonds is 4. The molecule has 2 N–H and O–H groups in total. The number of hydrogen-bond donors (Lipinski definition) is 1. The van der Waals surface area contributed by atoms with Crippen LogP contribution in [0.3, 0.4) is 0 Å². The van der Waals surface area contributed by atoms with Crippen molar-refractivity contribution < 1.29 is 4.74 Å². The lowest BCUT2D eigenvalue weighted by atomic mass is 9.88. The van der Waals surface area contributed by atoms with Crippen LogP contribution in [0.25, 0.3) is 0 Å². The highest BCUT2D eigenvalue weighted by Crippen LogP contribution is 2.31. The molecular weight excluding hydrogens is 262 g/mol. The number of ether oxygens (including phenoxy) is 1. The number of nitrogens with two attached hydrogens (primary N) is 1. The Morgan fingerprint density at radius 1 is 1.38 bits per heavy atom. The van der Waals surface area contributed by atoms with E-state index in [1.165, 1.54) is 17.5 Å². The molecule has 4 heteroatoms. The molecule has 0 saturated carbocycles. The van der Waals surface area contributed by atoms with E-state index < -0.39 is 0 Å². The molecule has 4 nitrogen and oxygen atoms in total. The van der Waals surface area contributed by atoms with Crippen LogP contribution >= 0.6 is 0 Å². The van der Waals surface area contributed by atoms with Crippen LogP contribution < -0.4 is 10.5 Å². The van der Waals surface area contributed by atoms with Crippen molar-refractivity contribution in [1.82, 2.24) is 9.78 Å². The maximum atomic E-state index is 6.20. The topological polar surface area (TPSA) is 53.1 Å². The molecule has 1 heterocycles. The van der Waals surface area contributed by atoms with Gasteiger partial charge in [0.25, 0.3) is 0 Å². The van der Waals surface area contributed by atoms with Gasteiger partial charge in [0.2, 0.25) is 0 Å². The molecular formula is C17H23N3O. The minimum atomic E-state index is 0.153. The van der Waals surface area contributed by atoms with Crippen LogP contribution in [0.1, 0.15) is 48.3 Å². The van der Waals surface area contributed by atoms with Gasteiger partial charge >= 0.3 is 0 Å². The summed E-state index contributed by atoms with van der Waals surface area (Å²) >= 11 is 0. The van der Waals surface area contributed by atoms with Crippen molar-refractivity contribution in [2.45, 2.75) is 52.3 Å². The lowest BCUT2D eigenvalue weighted by Crippen LogP contribution is -2.17. The van der Waals surface area contributed by atoms with Crippen LogP contribution in [-0.4, -0.2) is 9.78 Å². The van der Waals surface area contributed by atoms with E-state index in [0.717, 1.165) is 36.5 Å². The third-order valence-electron chi connectivity index (χ3n) is 4.15. The van der Waals surface area contributed by atoms with Crippen LogP contribution in [0.15, 0.2) is 24.3 Å². The number of hydrogen-bond acceptors (Lipinski definition) is 3. The largest absolute Gasteiger partial charge is 0.487 e. The van der Waals surface area contributed by atoms with Crippen molar-refractivity contribution in [2.24, 2.45) is 5.73 Å². The first kappa shape index (κ1) is 14.1. The first-order valence-electron chi connectivity index (χ1n) is 7.72. The van der Waals surface area contributed by atoms with Crippen LogP contribution in [0.5, 0.6) is 5.75 Å². The summed E-state index contributed by atoms with van der Waals surface area (Å²) in [6.45, 7) is 5.51. The van der Waals surface area contributed by atoms with Crippen LogP contribution in [0.2, 0.25) is 0 Å². The molecule has 0 saturated heterocycles. The molecule has 0 bridgehead atoms. The Balaban J connectivity index is 1.75. The Labute approximate surface area is 125 Å². The minimum absolute atomic E-state index is 0.153. The highest BCUT2D eigenvalue weighted by atomic mass is 16.5. The summed E-state index contributed by atoms with van der Waals surface area (Å²) in [7, 11) is 0. The average Bonchev–Trinajstić information content (AvgIpc) is 2.86. The van der Waals surface area contributed by atoms with E-state index in [0.29, 0.717) is 6.61 Å². The normalized spacial score (nSPS) is 17.6. The molecule has 0 spiro atoms. The molecule has 1 aliphatic carbocycles. The molecule has 1 aromatic carbocycles. The fourth-order valence-corrected chi connectivity index (χ4v) is 3.05. The van der Waals surface area contributed by atoms with Crippen molar-refractivity contribution in [3.8, 4) is 5.75 Å². The summed E-state index contributed by atoms with van der Waals surface area (Å²) < 4.78 is 7.93. The Morgan fingerprint density at radius 2 is 2.24 bits per heavy atom. The van der Waals surface area contributed by atoms with E-state index in [4.69, 9.17) is 10.5 Å². The van der Waals surface area contributed by atoms with E-state index in [1.807, 2.05) is 11.6 Å². The summed E-state index contributed by atoms with van der Waals surface area (Å²) in [5.41, 5.74) is 11.0. The molecule has 0 aliphatic heterocycles. The van der Waals surface area contributed by atoms with Crippen molar-refractivity contribution in [3.05, 3.63) is 46.8 Å². The van der Waals surface area contributed by atoms with Crippen molar-refractivity contribution in [1.29, 1.82) is 0 Å². The molecule has 0 fully saturated rings. The van der Waals surface area contributed by atoms with E-state index in [-0.39, 0.29) is 6.04 Å². The van der Waals surface area contributed by atoms with Crippen LogP contribution in [0.4, 0.5) is 0 Å². The van der Waals surface area contributed by atoms with Gasteiger partial charge in [0.1, 0.15) is 12.4 Å². The third kappa shape index (κ3) is 2.95. The second-order valence-corrected chi connectivity index (χ2v) is 5.74. The second-order valence-electron chi connectivity index (χ2n) is 5.74.